The minimum absolute atomic E-state index is 0. The Hall–Kier alpha value is -1.30. The van der Waals surface area contributed by atoms with Gasteiger partial charge in [-0.1, -0.05) is 29.8 Å². The maximum Gasteiger partial charge on any atom is 0.242 e. The first-order valence-electron chi connectivity index (χ1n) is 8.97. The third kappa shape index (κ3) is 6.59. The number of hydrogen-bond acceptors (Lipinski definition) is 3. The first kappa shape index (κ1) is 25.7. The minimum atomic E-state index is -3.53. The number of rotatable bonds is 7. The lowest BCUT2D eigenvalue weighted by molar-refractivity contribution is 0.461. The van der Waals surface area contributed by atoms with Crippen LogP contribution in [0.1, 0.15) is 18.2 Å². The number of nitrogens with one attached hydrogen (secondary N) is 1. The van der Waals surface area contributed by atoms with Crippen LogP contribution in [0.25, 0.3) is 0 Å². The van der Waals surface area contributed by atoms with Crippen molar-refractivity contribution in [3.63, 3.8) is 0 Å². The highest BCUT2D eigenvalue weighted by Crippen LogP contribution is 2.19. The van der Waals surface area contributed by atoms with Gasteiger partial charge in [-0.2, -0.15) is 0 Å². The number of aromatic nitrogens is 1. The van der Waals surface area contributed by atoms with E-state index in [2.05, 4.69) is 10.3 Å². The first-order valence-corrected chi connectivity index (χ1v) is 10.8. The number of aliphatic imine (C=N–C) groups is 1. The second kappa shape index (κ2) is 11.2. The van der Waals surface area contributed by atoms with Gasteiger partial charge in [0.2, 0.25) is 10.0 Å². The SMILES string of the molecule is CCNC(=NCc1ccccc1S(=O)(=O)N(C)C)N(C)Cc1cc(Cl)cn1C.I. The Morgan fingerprint density at radius 2 is 1.90 bits per heavy atom. The topological polar surface area (TPSA) is 69.9 Å². The lowest BCUT2D eigenvalue weighted by Crippen LogP contribution is -2.38. The summed E-state index contributed by atoms with van der Waals surface area (Å²) < 4.78 is 28.3. The molecule has 0 aliphatic heterocycles. The highest BCUT2D eigenvalue weighted by atomic mass is 127. The smallest absolute Gasteiger partial charge is 0.242 e. The van der Waals surface area contributed by atoms with Gasteiger partial charge < -0.3 is 14.8 Å². The fourth-order valence-corrected chi connectivity index (χ4v) is 4.13. The van der Waals surface area contributed by atoms with Gasteiger partial charge in [0, 0.05) is 46.6 Å². The van der Waals surface area contributed by atoms with Gasteiger partial charge in [0.15, 0.2) is 5.96 Å². The van der Waals surface area contributed by atoms with Gasteiger partial charge >= 0.3 is 0 Å². The monoisotopic (exact) mass is 553 g/mol. The highest BCUT2D eigenvalue weighted by Gasteiger charge is 2.20. The largest absolute Gasteiger partial charge is 0.357 e. The molecule has 2 rings (SSSR count). The zero-order valence-electron chi connectivity index (χ0n) is 17.4. The van der Waals surface area contributed by atoms with Crippen molar-refractivity contribution in [2.75, 3.05) is 27.7 Å². The van der Waals surface area contributed by atoms with Crippen molar-refractivity contribution in [3.8, 4) is 0 Å². The van der Waals surface area contributed by atoms with Crippen LogP contribution in [0.3, 0.4) is 0 Å². The van der Waals surface area contributed by atoms with E-state index >= 15 is 0 Å². The molecule has 0 amide bonds. The molecule has 0 bridgehead atoms. The summed E-state index contributed by atoms with van der Waals surface area (Å²) in [5.41, 5.74) is 1.70. The molecule has 10 heteroatoms. The van der Waals surface area contributed by atoms with Crippen LogP contribution in [0.2, 0.25) is 5.02 Å². The zero-order chi connectivity index (χ0) is 20.9. The first-order chi connectivity index (χ1) is 13.2. The predicted molar refractivity (Wildman–Crippen MR) is 129 cm³/mol. The molecule has 0 spiro atoms. The molecule has 7 nitrogen and oxygen atoms in total. The normalized spacial score (nSPS) is 12.0. The summed E-state index contributed by atoms with van der Waals surface area (Å²) in [5, 5.41) is 3.94. The molecule has 0 saturated heterocycles. The third-order valence-corrected chi connectivity index (χ3v) is 6.42. The van der Waals surface area contributed by atoms with E-state index < -0.39 is 10.0 Å². The van der Waals surface area contributed by atoms with E-state index in [1.54, 1.807) is 18.2 Å². The molecule has 0 radical (unpaired) electrons. The summed E-state index contributed by atoms with van der Waals surface area (Å²) in [6.45, 7) is 3.57. The molecule has 162 valence electrons. The van der Waals surface area contributed by atoms with Crippen molar-refractivity contribution >= 4 is 51.6 Å². The molecule has 1 N–H and O–H groups in total. The molecule has 0 fully saturated rings. The second-order valence-corrected chi connectivity index (χ2v) is 9.24. The lowest BCUT2D eigenvalue weighted by atomic mass is 10.2. The van der Waals surface area contributed by atoms with Gasteiger partial charge in [-0.15, -0.1) is 24.0 Å². The zero-order valence-corrected chi connectivity index (χ0v) is 21.3. The summed E-state index contributed by atoms with van der Waals surface area (Å²) in [7, 11) is 3.41. The number of nitrogens with zero attached hydrogens (tertiary/aromatic N) is 4. The van der Waals surface area contributed by atoms with Crippen LogP contribution in [0.4, 0.5) is 0 Å². The van der Waals surface area contributed by atoms with E-state index in [-0.39, 0.29) is 35.4 Å². The van der Waals surface area contributed by atoms with Crippen molar-refractivity contribution in [2.24, 2.45) is 12.0 Å². The number of aryl methyl sites for hydroxylation is 1. The number of hydrogen-bond donors (Lipinski definition) is 1. The van der Waals surface area contributed by atoms with E-state index in [0.29, 0.717) is 29.6 Å². The second-order valence-electron chi connectivity index (χ2n) is 6.68. The van der Waals surface area contributed by atoms with Crippen molar-refractivity contribution < 1.29 is 8.42 Å². The summed E-state index contributed by atoms with van der Waals surface area (Å²) in [4.78, 5) is 6.91. The Balaban J connectivity index is 0.00000420. The molecular formula is C19H29ClIN5O2S. The molecule has 0 atom stereocenters. The maximum atomic E-state index is 12.6. The average molecular weight is 554 g/mol. The minimum Gasteiger partial charge on any atom is -0.357 e. The van der Waals surface area contributed by atoms with Crippen LogP contribution >= 0.6 is 35.6 Å². The molecule has 0 unspecified atom stereocenters. The van der Waals surface area contributed by atoms with Gasteiger partial charge in [-0.05, 0) is 24.6 Å². The molecule has 0 aliphatic rings. The van der Waals surface area contributed by atoms with Gasteiger partial charge in [-0.3, -0.25) is 0 Å². The molecular weight excluding hydrogens is 525 g/mol. The molecule has 0 saturated carbocycles. The molecule has 1 aromatic heterocycles. The molecule has 2 aromatic rings. The summed E-state index contributed by atoms with van der Waals surface area (Å²) in [6.07, 6.45) is 1.86. The number of benzene rings is 1. The van der Waals surface area contributed by atoms with Crippen molar-refractivity contribution in [3.05, 3.63) is 52.8 Å². The molecule has 0 aliphatic carbocycles. The van der Waals surface area contributed by atoms with Gasteiger partial charge in [0.25, 0.3) is 0 Å². The van der Waals surface area contributed by atoms with E-state index in [0.717, 1.165) is 5.69 Å². The van der Waals surface area contributed by atoms with E-state index in [1.807, 2.05) is 48.8 Å². The Labute approximate surface area is 195 Å². The van der Waals surface area contributed by atoms with Crippen LogP contribution < -0.4 is 5.32 Å². The van der Waals surface area contributed by atoms with Gasteiger partial charge in [-0.25, -0.2) is 17.7 Å². The molecule has 29 heavy (non-hydrogen) atoms. The summed E-state index contributed by atoms with van der Waals surface area (Å²) in [6, 6.07) is 8.87. The average Bonchev–Trinajstić information content (AvgIpc) is 2.95. The Bertz CT molecular complexity index is 944. The van der Waals surface area contributed by atoms with Gasteiger partial charge in [0.05, 0.1) is 23.0 Å². The Morgan fingerprint density at radius 3 is 2.45 bits per heavy atom. The number of sulfonamides is 1. The van der Waals surface area contributed by atoms with E-state index in [4.69, 9.17) is 11.6 Å². The summed E-state index contributed by atoms with van der Waals surface area (Å²) >= 11 is 6.07. The number of guanidine groups is 1. The molecule has 1 heterocycles. The number of halogens is 2. The van der Waals surface area contributed by atoms with E-state index in [9.17, 15) is 8.42 Å². The quantitative estimate of drug-likeness (QED) is 0.325. The van der Waals surface area contributed by atoms with Crippen LogP contribution in [0.5, 0.6) is 0 Å². The molecule has 1 aromatic carbocycles. The fraction of sp³-hybridized carbons (Fsp3) is 0.421. The third-order valence-electron chi connectivity index (χ3n) is 4.30. The predicted octanol–water partition coefficient (Wildman–Crippen LogP) is 3.14. The van der Waals surface area contributed by atoms with Crippen LogP contribution in [-0.4, -0.2) is 55.8 Å². The van der Waals surface area contributed by atoms with Gasteiger partial charge in [0.1, 0.15) is 0 Å². The maximum absolute atomic E-state index is 12.6. The van der Waals surface area contributed by atoms with Crippen LogP contribution in [-0.2, 0) is 30.2 Å². The van der Waals surface area contributed by atoms with Crippen molar-refractivity contribution in [2.45, 2.75) is 24.9 Å². The standard InChI is InChI=1S/C19H28ClN5O2S.HI/c1-6-21-19(25(5)14-17-11-16(20)13-24(17)4)22-12-15-9-7-8-10-18(15)28(26,27)23(2)3;/h7-11,13H,6,12,14H2,1-5H3,(H,21,22);1H. The fourth-order valence-electron chi connectivity index (χ4n) is 2.75. The summed E-state index contributed by atoms with van der Waals surface area (Å²) in [5.74, 6) is 0.692. The van der Waals surface area contributed by atoms with Crippen molar-refractivity contribution in [1.82, 2.24) is 19.1 Å². The highest BCUT2D eigenvalue weighted by molar-refractivity contribution is 14.0. The Kier molecular flexibility index (Phi) is 9.93. The van der Waals surface area contributed by atoms with Crippen LogP contribution in [0, 0.1) is 0 Å². The Morgan fingerprint density at radius 1 is 1.24 bits per heavy atom. The van der Waals surface area contributed by atoms with E-state index in [1.165, 1.54) is 18.4 Å². The lowest BCUT2D eigenvalue weighted by Gasteiger charge is -2.22. The van der Waals surface area contributed by atoms with Crippen molar-refractivity contribution in [1.29, 1.82) is 0 Å². The van der Waals surface area contributed by atoms with Crippen LogP contribution in [0.15, 0.2) is 46.4 Å².